The third kappa shape index (κ3) is 13.1. The van der Waals surface area contributed by atoms with E-state index in [2.05, 4.69) is 20.9 Å². The maximum absolute atomic E-state index is 12.9. The first-order valence-corrected chi connectivity index (χ1v) is 11.9. The number of aromatic hydroxyl groups is 1. The van der Waals surface area contributed by atoms with Gasteiger partial charge in [-0.3, -0.25) is 19.4 Å². The fraction of sp³-hybridized carbons (Fsp3) is 0.522. The van der Waals surface area contributed by atoms with E-state index in [9.17, 15) is 29.4 Å². The molecule has 0 heterocycles. The molecule has 3 amide bonds. The molecule has 1 aromatic rings. The zero-order chi connectivity index (χ0) is 27.8. The van der Waals surface area contributed by atoms with E-state index >= 15 is 0 Å². The molecule has 1 aromatic carbocycles. The third-order valence-electron chi connectivity index (χ3n) is 5.32. The average molecular weight is 523 g/mol. The topological polar surface area (TPSA) is 261 Å². The molecular weight excluding hydrogens is 484 g/mol. The van der Waals surface area contributed by atoms with Gasteiger partial charge in [-0.05, 0) is 56.3 Å². The number of benzene rings is 1. The van der Waals surface area contributed by atoms with Crippen molar-refractivity contribution in [2.24, 2.45) is 27.9 Å². The molecule has 0 bridgehead atoms. The van der Waals surface area contributed by atoms with Crippen molar-refractivity contribution in [3.63, 3.8) is 0 Å². The number of unbranched alkanes of at least 4 members (excludes halogenated alkanes) is 1. The van der Waals surface area contributed by atoms with Crippen LogP contribution in [0.2, 0.25) is 0 Å². The summed E-state index contributed by atoms with van der Waals surface area (Å²) < 4.78 is 0. The number of carboxylic acids is 1. The summed E-state index contributed by atoms with van der Waals surface area (Å²) in [7, 11) is 0. The number of aliphatic carboxylic acids is 1. The van der Waals surface area contributed by atoms with E-state index < -0.39 is 48.4 Å². The average Bonchev–Trinajstić information content (AvgIpc) is 2.85. The minimum atomic E-state index is -1.19. The smallest absolute Gasteiger partial charge is 0.326 e. The normalized spacial score (nSPS) is 13.0. The summed E-state index contributed by atoms with van der Waals surface area (Å²) in [6.45, 7) is 0.204. The van der Waals surface area contributed by atoms with Crippen LogP contribution in [0.5, 0.6) is 5.75 Å². The molecular formula is C23H38N8O6. The number of nitrogens with one attached hydrogen (secondary N) is 3. The number of aliphatic imine (C=N–C) groups is 1. The Hall–Kier alpha value is -3.91. The fourth-order valence-corrected chi connectivity index (χ4v) is 3.29. The van der Waals surface area contributed by atoms with Gasteiger partial charge in [-0.2, -0.15) is 0 Å². The quantitative estimate of drug-likeness (QED) is 0.0595. The van der Waals surface area contributed by atoms with E-state index in [1.54, 1.807) is 12.1 Å². The van der Waals surface area contributed by atoms with Crippen molar-refractivity contribution < 1.29 is 29.4 Å². The molecule has 0 saturated carbocycles. The number of carbonyl (C=O) groups excluding carboxylic acids is 3. The number of carboxylic acid groups (broad SMARTS) is 1. The Bertz CT molecular complexity index is 920. The van der Waals surface area contributed by atoms with Gasteiger partial charge >= 0.3 is 5.97 Å². The van der Waals surface area contributed by atoms with Crippen molar-refractivity contribution in [1.82, 2.24) is 16.0 Å². The SMILES string of the molecule is NCCCCC(NC(=O)CNC(=O)C(Cc1ccc(O)cc1)NC(=O)C(N)CCCN=C(N)N)C(=O)O. The summed E-state index contributed by atoms with van der Waals surface area (Å²) >= 11 is 0. The molecule has 37 heavy (non-hydrogen) atoms. The lowest BCUT2D eigenvalue weighted by atomic mass is 10.0. The van der Waals surface area contributed by atoms with Crippen LogP contribution in [0.3, 0.4) is 0 Å². The standard InChI is InChI=1S/C23H38N8O6/c24-10-2-1-5-17(22(36)37)30-19(33)13-29-21(35)18(12-14-6-8-15(32)9-7-14)31-20(34)16(25)4-3-11-28-23(26)27/h6-9,16-18,32H,1-5,10-13,24-25H2,(H,29,35)(H,30,33)(H,31,34)(H,36,37)(H4,26,27,28). The van der Waals surface area contributed by atoms with Crippen molar-refractivity contribution in [3.05, 3.63) is 29.8 Å². The Labute approximate surface area is 215 Å². The van der Waals surface area contributed by atoms with E-state index in [1.165, 1.54) is 12.1 Å². The lowest BCUT2D eigenvalue weighted by molar-refractivity contribution is -0.142. The summed E-state index contributed by atoms with van der Waals surface area (Å²) in [5, 5.41) is 26.2. The highest BCUT2D eigenvalue weighted by Crippen LogP contribution is 2.12. The fourth-order valence-electron chi connectivity index (χ4n) is 3.29. The number of nitrogens with two attached hydrogens (primary N) is 4. The lowest BCUT2D eigenvalue weighted by Crippen LogP contribution is -2.54. The van der Waals surface area contributed by atoms with Gasteiger partial charge in [-0.15, -0.1) is 0 Å². The Balaban J connectivity index is 2.78. The number of hydrogen-bond acceptors (Lipinski definition) is 8. The molecule has 13 N–H and O–H groups in total. The first-order valence-electron chi connectivity index (χ1n) is 11.9. The van der Waals surface area contributed by atoms with Crippen molar-refractivity contribution in [3.8, 4) is 5.75 Å². The largest absolute Gasteiger partial charge is 0.508 e. The molecule has 0 aliphatic rings. The van der Waals surface area contributed by atoms with Crippen LogP contribution in [0, 0.1) is 0 Å². The zero-order valence-corrected chi connectivity index (χ0v) is 20.7. The Morgan fingerprint density at radius 2 is 1.59 bits per heavy atom. The van der Waals surface area contributed by atoms with Crippen LogP contribution < -0.4 is 38.9 Å². The van der Waals surface area contributed by atoms with Crippen LogP contribution >= 0.6 is 0 Å². The molecule has 0 aliphatic carbocycles. The molecule has 1 rings (SSSR count). The maximum Gasteiger partial charge on any atom is 0.326 e. The van der Waals surface area contributed by atoms with E-state index in [0.29, 0.717) is 37.9 Å². The Morgan fingerprint density at radius 3 is 2.19 bits per heavy atom. The predicted octanol–water partition coefficient (Wildman–Crippen LogP) is -2.38. The molecule has 3 unspecified atom stereocenters. The van der Waals surface area contributed by atoms with Gasteiger partial charge in [0.05, 0.1) is 12.6 Å². The minimum absolute atomic E-state index is 0.0349. The summed E-state index contributed by atoms with van der Waals surface area (Å²) in [6.07, 6.45) is 2.10. The van der Waals surface area contributed by atoms with Crippen LogP contribution in [-0.2, 0) is 25.6 Å². The summed E-state index contributed by atoms with van der Waals surface area (Å²) in [5.74, 6) is -3.17. The van der Waals surface area contributed by atoms with E-state index in [1.807, 2.05) is 0 Å². The first-order chi connectivity index (χ1) is 17.5. The highest BCUT2D eigenvalue weighted by Gasteiger charge is 2.25. The number of amides is 3. The number of phenols is 1. The monoisotopic (exact) mass is 522 g/mol. The number of phenolic OH excluding ortho intramolecular Hbond substituents is 1. The molecule has 14 heteroatoms. The van der Waals surface area contributed by atoms with Gasteiger partial charge in [0.15, 0.2) is 5.96 Å². The molecule has 0 radical (unpaired) electrons. The number of rotatable bonds is 17. The van der Waals surface area contributed by atoms with Gasteiger partial charge in [0, 0.05) is 13.0 Å². The van der Waals surface area contributed by atoms with E-state index in [4.69, 9.17) is 22.9 Å². The number of carbonyl (C=O) groups is 4. The lowest BCUT2D eigenvalue weighted by Gasteiger charge is -2.21. The molecule has 14 nitrogen and oxygen atoms in total. The first kappa shape index (κ1) is 31.1. The van der Waals surface area contributed by atoms with Crippen LogP contribution in [0.25, 0.3) is 0 Å². The highest BCUT2D eigenvalue weighted by atomic mass is 16.4. The van der Waals surface area contributed by atoms with Gasteiger partial charge in [0.2, 0.25) is 17.7 Å². The molecule has 0 aliphatic heterocycles. The van der Waals surface area contributed by atoms with Gasteiger partial charge < -0.3 is 49.1 Å². The van der Waals surface area contributed by atoms with Gasteiger partial charge in [-0.1, -0.05) is 12.1 Å². The Morgan fingerprint density at radius 1 is 0.919 bits per heavy atom. The third-order valence-corrected chi connectivity index (χ3v) is 5.32. The molecule has 0 aromatic heterocycles. The van der Waals surface area contributed by atoms with Crippen LogP contribution in [-0.4, -0.2) is 77.6 Å². The molecule has 206 valence electrons. The summed E-state index contributed by atoms with van der Waals surface area (Å²) in [6, 6.07) is 2.91. The van der Waals surface area contributed by atoms with Crippen LogP contribution in [0.4, 0.5) is 0 Å². The predicted molar refractivity (Wildman–Crippen MR) is 137 cm³/mol. The minimum Gasteiger partial charge on any atom is -0.508 e. The summed E-state index contributed by atoms with van der Waals surface area (Å²) in [5.41, 5.74) is 22.5. The van der Waals surface area contributed by atoms with Crippen molar-refractivity contribution in [2.75, 3.05) is 19.6 Å². The second-order valence-electron chi connectivity index (χ2n) is 8.45. The van der Waals surface area contributed by atoms with Crippen LogP contribution in [0.15, 0.2) is 29.3 Å². The van der Waals surface area contributed by atoms with Gasteiger partial charge in [0.25, 0.3) is 0 Å². The molecule has 3 atom stereocenters. The van der Waals surface area contributed by atoms with E-state index in [0.717, 1.165) is 0 Å². The second kappa shape index (κ2) is 16.7. The van der Waals surface area contributed by atoms with Crippen molar-refractivity contribution >= 4 is 29.7 Å². The summed E-state index contributed by atoms with van der Waals surface area (Å²) in [4.78, 5) is 53.0. The maximum atomic E-state index is 12.9. The second-order valence-corrected chi connectivity index (χ2v) is 8.45. The van der Waals surface area contributed by atoms with Crippen molar-refractivity contribution in [1.29, 1.82) is 0 Å². The van der Waals surface area contributed by atoms with Gasteiger partial charge in [0.1, 0.15) is 17.8 Å². The number of guanidine groups is 1. The van der Waals surface area contributed by atoms with Crippen LogP contribution in [0.1, 0.15) is 37.7 Å². The molecule has 0 fully saturated rings. The molecule has 0 saturated heterocycles. The zero-order valence-electron chi connectivity index (χ0n) is 20.7. The number of nitrogens with zero attached hydrogens (tertiary/aromatic N) is 1. The number of hydrogen-bond donors (Lipinski definition) is 9. The van der Waals surface area contributed by atoms with Crippen molar-refractivity contribution in [2.45, 2.75) is 56.7 Å². The highest BCUT2D eigenvalue weighted by molar-refractivity contribution is 5.92. The van der Waals surface area contributed by atoms with Gasteiger partial charge in [-0.25, -0.2) is 4.79 Å². The molecule has 0 spiro atoms. The van der Waals surface area contributed by atoms with E-state index in [-0.39, 0.29) is 31.0 Å². The Kier molecular flexibility index (Phi) is 14.1.